The SMILES string of the molecule is Cc1c(NC(=O)c2cc(C)n(Cc3cccs3)c2C)cccc1C(N)=O. The number of thiophene rings is 1. The number of aryl methyl sites for hydroxylation is 1. The highest BCUT2D eigenvalue weighted by Crippen LogP contribution is 2.23. The normalized spacial score (nSPS) is 10.7. The van der Waals surface area contributed by atoms with Crippen LogP contribution in [0.4, 0.5) is 5.69 Å². The molecule has 0 saturated carbocycles. The maximum Gasteiger partial charge on any atom is 0.257 e. The maximum atomic E-state index is 12.8. The van der Waals surface area contributed by atoms with E-state index in [1.54, 1.807) is 36.5 Å². The van der Waals surface area contributed by atoms with Crippen molar-refractivity contribution in [3.63, 3.8) is 0 Å². The second-order valence-corrected chi connectivity index (χ2v) is 7.28. The van der Waals surface area contributed by atoms with Crippen molar-refractivity contribution in [2.75, 3.05) is 5.32 Å². The number of rotatable bonds is 5. The third-order valence-corrected chi connectivity index (χ3v) is 5.42. The van der Waals surface area contributed by atoms with Crippen LogP contribution >= 0.6 is 11.3 Å². The van der Waals surface area contributed by atoms with Gasteiger partial charge < -0.3 is 15.6 Å². The Hall–Kier alpha value is -2.86. The van der Waals surface area contributed by atoms with E-state index in [-0.39, 0.29) is 5.91 Å². The molecule has 0 aliphatic carbocycles. The zero-order valence-electron chi connectivity index (χ0n) is 15.0. The minimum absolute atomic E-state index is 0.194. The van der Waals surface area contributed by atoms with Crippen LogP contribution in [0, 0.1) is 20.8 Å². The first-order valence-corrected chi connectivity index (χ1v) is 9.16. The van der Waals surface area contributed by atoms with Crippen molar-refractivity contribution in [1.29, 1.82) is 0 Å². The van der Waals surface area contributed by atoms with Gasteiger partial charge in [-0.3, -0.25) is 9.59 Å². The van der Waals surface area contributed by atoms with Crippen molar-refractivity contribution >= 4 is 28.8 Å². The molecule has 134 valence electrons. The fraction of sp³-hybridized carbons (Fsp3) is 0.200. The largest absolute Gasteiger partial charge is 0.366 e. The number of nitrogens with zero attached hydrogens (tertiary/aromatic N) is 1. The molecule has 3 aromatic rings. The molecule has 0 bridgehead atoms. The summed E-state index contributed by atoms with van der Waals surface area (Å²) in [5.41, 5.74) is 9.62. The fourth-order valence-electron chi connectivity index (χ4n) is 3.06. The van der Waals surface area contributed by atoms with E-state index in [0.29, 0.717) is 22.4 Å². The Morgan fingerprint density at radius 2 is 1.88 bits per heavy atom. The summed E-state index contributed by atoms with van der Waals surface area (Å²) >= 11 is 1.70. The van der Waals surface area contributed by atoms with Crippen LogP contribution in [0.5, 0.6) is 0 Å². The first-order valence-electron chi connectivity index (χ1n) is 8.28. The van der Waals surface area contributed by atoms with Crippen LogP contribution in [0.2, 0.25) is 0 Å². The monoisotopic (exact) mass is 367 g/mol. The minimum atomic E-state index is -0.507. The zero-order valence-corrected chi connectivity index (χ0v) is 15.8. The quantitative estimate of drug-likeness (QED) is 0.718. The van der Waals surface area contributed by atoms with Gasteiger partial charge in [0, 0.05) is 27.5 Å². The molecular weight excluding hydrogens is 346 g/mol. The second-order valence-electron chi connectivity index (χ2n) is 6.25. The molecule has 0 aliphatic heterocycles. The van der Waals surface area contributed by atoms with Crippen molar-refractivity contribution < 1.29 is 9.59 Å². The summed E-state index contributed by atoms with van der Waals surface area (Å²) in [7, 11) is 0. The maximum absolute atomic E-state index is 12.8. The van der Waals surface area contributed by atoms with Gasteiger partial charge in [0.1, 0.15) is 0 Å². The minimum Gasteiger partial charge on any atom is -0.366 e. The van der Waals surface area contributed by atoms with E-state index < -0.39 is 5.91 Å². The zero-order chi connectivity index (χ0) is 18.8. The summed E-state index contributed by atoms with van der Waals surface area (Å²) in [6, 6.07) is 11.1. The Labute approximate surface area is 156 Å². The van der Waals surface area contributed by atoms with E-state index in [1.165, 1.54) is 4.88 Å². The lowest BCUT2D eigenvalue weighted by atomic mass is 10.1. The smallest absolute Gasteiger partial charge is 0.257 e. The van der Waals surface area contributed by atoms with Gasteiger partial charge in [0.05, 0.1) is 12.1 Å². The van der Waals surface area contributed by atoms with Crippen LogP contribution < -0.4 is 11.1 Å². The Kier molecular flexibility index (Phi) is 4.95. The molecule has 0 atom stereocenters. The molecule has 0 unspecified atom stereocenters. The molecule has 26 heavy (non-hydrogen) atoms. The number of nitrogens with one attached hydrogen (secondary N) is 1. The van der Waals surface area contributed by atoms with Gasteiger partial charge in [-0.15, -0.1) is 11.3 Å². The summed E-state index contributed by atoms with van der Waals surface area (Å²) in [5.74, 6) is -0.701. The third kappa shape index (κ3) is 3.41. The van der Waals surface area contributed by atoms with Crippen molar-refractivity contribution in [2.24, 2.45) is 5.73 Å². The van der Waals surface area contributed by atoms with Crippen molar-refractivity contribution in [3.8, 4) is 0 Å². The molecule has 0 saturated heterocycles. The average molecular weight is 367 g/mol. The number of nitrogens with two attached hydrogens (primary N) is 1. The number of primary amides is 1. The molecule has 2 amide bonds. The van der Waals surface area contributed by atoms with Gasteiger partial charge in [0.15, 0.2) is 0 Å². The highest BCUT2D eigenvalue weighted by Gasteiger charge is 2.18. The van der Waals surface area contributed by atoms with Crippen LogP contribution in [0.15, 0.2) is 41.8 Å². The molecule has 2 heterocycles. The molecule has 5 nitrogen and oxygen atoms in total. The molecule has 3 rings (SSSR count). The van der Waals surface area contributed by atoms with Gasteiger partial charge in [-0.25, -0.2) is 0 Å². The van der Waals surface area contributed by atoms with Gasteiger partial charge in [-0.05, 0) is 56.0 Å². The number of benzene rings is 1. The predicted octanol–water partition coefficient (Wildman–Crippen LogP) is 3.87. The van der Waals surface area contributed by atoms with E-state index in [4.69, 9.17) is 5.73 Å². The van der Waals surface area contributed by atoms with Gasteiger partial charge in [-0.1, -0.05) is 12.1 Å². The van der Waals surface area contributed by atoms with E-state index in [0.717, 1.165) is 17.9 Å². The summed E-state index contributed by atoms with van der Waals surface area (Å²) in [6.07, 6.45) is 0. The van der Waals surface area contributed by atoms with Crippen molar-refractivity contribution in [2.45, 2.75) is 27.3 Å². The van der Waals surface area contributed by atoms with Gasteiger partial charge in [0.2, 0.25) is 5.91 Å². The summed E-state index contributed by atoms with van der Waals surface area (Å²) in [5, 5.41) is 4.95. The number of anilines is 1. The molecule has 0 fully saturated rings. The van der Waals surface area contributed by atoms with E-state index >= 15 is 0 Å². The summed E-state index contributed by atoms with van der Waals surface area (Å²) in [6.45, 7) is 6.47. The number of hydrogen-bond acceptors (Lipinski definition) is 3. The molecule has 1 aromatic carbocycles. The number of hydrogen-bond donors (Lipinski definition) is 2. The lowest BCUT2D eigenvalue weighted by molar-refractivity contribution is 0.0995. The van der Waals surface area contributed by atoms with Crippen LogP contribution in [-0.4, -0.2) is 16.4 Å². The molecule has 0 spiro atoms. The third-order valence-electron chi connectivity index (χ3n) is 4.56. The van der Waals surface area contributed by atoms with E-state index in [9.17, 15) is 9.59 Å². The van der Waals surface area contributed by atoms with Crippen molar-refractivity contribution in [3.05, 3.63) is 74.7 Å². The Balaban J connectivity index is 1.87. The van der Waals surface area contributed by atoms with Crippen LogP contribution in [0.25, 0.3) is 0 Å². The molecule has 6 heteroatoms. The highest BCUT2D eigenvalue weighted by molar-refractivity contribution is 7.09. The number of carbonyl (C=O) groups excluding carboxylic acids is 2. The standard InChI is InChI=1S/C20H21N3O2S/c1-12-10-17(14(3)23(12)11-15-6-5-9-26-15)20(25)22-18-8-4-7-16(13(18)2)19(21)24/h4-10H,11H2,1-3H3,(H2,21,24)(H,22,25). The van der Waals surface area contributed by atoms with Crippen LogP contribution in [-0.2, 0) is 6.54 Å². The van der Waals surface area contributed by atoms with Crippen LogP contribution in [0.3, 0.4) is 0 Å². The first kappa shape index (κ1) is 17.9. The molecule has 0 radical (unpaired) electrons. The van der Waals surface area contributed by atoms with Gasteiger partial charge in [-0.2, -0.15) is 0 Å². The van der Waals surface area contributed by atoms with Crippen LogP contribution in [0.1, 0.15) is 42.5 Å². The number of carbonyl (C=O) groups is 2. The highest BCUT2D eigenvalue weighted by atomic mass is 32.1. The average Bonchev–Trinajstić information content (AvgIpc) is 3.20. The Morgan fingerprint density at radius 3 is 2.54 bits per heavy atom. The van der Waals surface area contributed by atoms with E-state index in [2.05, 4.69) is 16.0 Å². The topological polar surface area (TPSA) is 77.1 Å². The van der Waals surface area contributed by atoms with E-state index in [1.807, 2.05) is 31.4 Å². The number of aromatic nitrogens is 1. The summed E-state index contributed by atoms with van der Waals surface area (Å²) in [4.78, 5) is 25.5. The molecule has 2 aromatic heterocycles. The predicted molar refractivity (Wildman–Crippen MR) is 105 cm³/mol. The Morgan fingerprint density at radius 1 is 1.12 bits per heavy atom. The fourth-order valence-corrected chi connectivity index (χ4v) is 3.75. The lowest BCUT2D eigenvalue weighted by Gasteiger charge is -2.11. The number of amides is 2. The first-order chi connectivity index (χ1) is 12.4. The molecule has 0 aliphatic rings. The summed E-state index contributed by atoms with van der Waals surface area (Å²) < 4.78 is 2.13. The lowest BCUT2D eigenvalue weighted by Crippen LogP contribution is -2.17. The second kappa shape index (κ2) is 7.17. The van der Waals surface area contributed by atoms with Gasteiger partial charge >= 0.3 is 0 Å². The van der Waals surface area contributed by atoms with Gasteiger partial charge in [0.25, 0.3) is 5.91 Å². The molecular formula is C20H21N3O2S. The van der Waals surface area contributed by atoms with Crippen molar-refractivity contribution in [1.82, 2.24) is 4.57 Å². The molecule has 3 N–H and O–H groups in total. The Bertz CT molecular complexity index is 971.